The molecule has 0 aliphatic rings. The van der Waals surface area contributed by atoms with Crippen molar-refractivity contribution in [2.45, 2.75) is 6.92 Å². The maximum Gasteiger partial charge on any atom is 0.290 e. The summed E-state index contributed by atoms with van der Waals surface area (Å²) >= 11 is 5.78. The Morgan fingerprint density at radius 2 is 1.39 bits per heavy atom. The van der Waals surface area contributed by atoms with Crippen LogP contribution in [0.3, 0.4) is 0 Å². The Hall–Kier alpha value is -2.00. The predicted octanol–water partition coefficient (Wildman–Crippen LogP) is 4.14. The molecule has 0 unspecified atom stereocenters. The number of halogens is 1. The van der Waals surface area contributed by atoms with Crippen molar-refractivity contribution in [3.05, 3.63) is 59.1 Å². The van der Waals surface area contributed by atoms with Crippen LogP contribution in [0.15, 0.2) is 48.5 Å². The van der Waals surface area contributed by atoms with Crippen molar-refractivity contribution in [3.63, 3.8) is 0 Å². The Morgan fingerprint density at radius 3 is 1.83 bits per heavy atom. The molecule has 0 spiro atoms. The molecule has 0 saturated heterocycles. The summed E-state index contributed by atoms with van der Waals surface area (Å²) in [6.45, 7) is 1.80. The van der Waals surface area contributed by atoms with Crippen LogP contribution in [0.2, 0.25) is 5.02 Å². The number of aryl methyl sites for hydroxylation is 1. The molecule has 0 aliphatic carbocycles. The number of carboxylic acid groups (broad SMARTS) is 1. The molecule has 18 heavy (non-hydrogen) atoms. The third-order valence-corrected chi connectivity index (χ3v) is 2.32. The van der Waals surface area contributed by atoms with Crippen LogP contribution < -0.4 is 4.74 Å². The highest BCUT2D eigenvalue weighted by atomic mass is 35.5. The van der Waals surface area contributed by atoms with E-state index in [4.69, 9.17) is 26.2 Å². The van der Waals surface area contributed by atoms with Crippen LogP contribution in [0.4, 0.5) is 0 Å². The minimum Gasteiger partial charge on any atom is -0.483 e. The molecule has 0 heterocycles. The van der Waals surface area contributed by atoms with Crippen molar-refractivity contribution in [1.82, 2.24) is 0 Å². The molecular formula is C14H13ClO3. The lowest BCUT2D eigenvalue weighted by molar-refractivity contribution is -0.122. The number of benzene rings is 2. The van der Waals surface area contributed by atoms with E-state index in [2.05, 4.69) is 0 Å². The molecule has 0 saturated carbocycles. The van der Waals surface area contributed by atoms with Crippen molar-refractivity contribution < 1.29 is 14.6 Å². The molecule has 0 aliphatic heterocycles. The summed E-state index contributed by atoms with van der Waals surface area (Å²) in [5, 5.41) is 7.60. The van der Waals surface area contributed by atoms with Crippen LogP contribution in [0.25, 0.3) is 0 Å². The number of carbonyl (C=O) groups is 1. The number of hydrogen-bond donors (Lipinski definition) is 1. The largest absolute Gasteiger partial charge is 0.483 e. The minimum absolute atomic E-state index is 0.250. The van der Waals surface area contributed by atoms with Gasteiger partial charge in [0.2, 0.25) is 0 Å². The lowest BCUT2D eigenvalue weighted by Gasteiger charge is -2.05. The zero-order valence-corrected chi connectivity index (χ0v) is 10.6. The van der Waals surface area contributed by atoms with Crippen molar-refractivity contribution in [3.8, 4) is 11.5 Å². The van der Waals surface area contributed by atoms with Gasteiger partial charge in [0.15, 0.2) is 0 Å². The van der Waals surface area contributed by atoms with E-state index in [1.165, 1.54) is 5.56 Å². The molecule has 2 aromatic carbocycles. The average molecular weight is 265 g/mol. The fraction of sp³-hybridized carbons (Fsp3) is 0.0714. The fourth-order valence-corrected chi connectivity index (χ4v) is 1.37. The standard InChI is InChI=1S/C13H11ClO.CH2O2/c1-10-2-6-12(7-3-10)15-13-8-4-11(14)5-9-13;2-1-3/h2-9H,1H3;1H,(H,2,3). The Labute approximate surface area is 111 Å². The molecule has 1 N–H and O–H groups in total. The summed E-state index contributed by atoms with van der Waals surface area (Å²) in [5.74, 6) is 1.63. The summed E-state index contributed by atoms with van der Waals surface area (Å²) in [6.07, 6.45) is 0. The summed E-state index contributed by atoms with van der Waals surface area (Å²) in [6, 6.07) is 15.3. The SMILES string of the molecule is Cc1ccc(Oc2ccc(Cl)cc2)cc1.O=CO. The van der Waals surface area contributed by atoms with Crippen LogP contribution in [-0.4, -0.2) is 11.6 Å². The first-order valence-electron chi connectivity index (χ1n) is 5.23. The maximum atomic E-state index is 8.36. The van der Waals surface area contributed by atoms with Crippen LogP contribution in [0.5, 0.6) is 11.5 Å². The second kappa shape index (κ2) is 7.35. The summed E-state index contributed by atoms with van der Waals surface area (Å²) in [4.78, 5) is 8.36. The maximum absolute atomic E-state index is 8.36. The van der Waals surface area contributed by atoms with E-state index in [1.807, 2.05) is 55.5 Å². The van der Waals surface area contributed by atoms with E-state index in [-0.39, 0.29) is 6.47 Å². The molecule has 3 nitrogen and oxygen atoms in total. The Balaban J connectivity index is 0.000000492. The number of ether oxygens (including phenoxy) is 1. The van der Waals surface area contributed by atoms with Crippen molar-refractivity contribution in [1.29, 1.82) is 0 Å². The van der Waals surface area contributed by atoms with Crippen LogP contribution in [-0.2, 0) is 4.79 Å². The van der Waals surface area contributed by atoms with Gasteiger partial charge in [-0.05, 0) is 43.3 Å². The van der Waals surface area contributed by atoms with E-state index >= 15 is 0 Å². The van der Waals surface area contributed by atoms with E-state index in [9.17, 15) is 0 Å². The van der Waals surface area contributed by atoms with Gasteiger partial charge in [0.25, 0.3) is 6.47 Å². The second-order valence-corrected chi connectivity index (χ2v) is 3.91. The minimum atomic E-state index is -0.250. The molecule has 0 radical (unpaired) electrons. The molecule has 4 heteroatoms. The quantitative estimate of drug-likeness (QED) is 0.829. The topological polar surface area (TPSA) is 46.5 Å². The average Bonchev–Trinajstić information content (AvgIpc) is 2.36. The van der Waals surface area contributed by atoms with Gasteiger partial charge in [0, 0.05) is 5.02 Å². The Kier molecular flexibility index (Phi) is 5.74. The summed E-state index contributed by atoms with van der Waals surface area (Å²) in [5.41, 5.74) is 1.22. The van der Waals surface area contributed by atoms with E-state index in [0.29, 0.717) is 5.02 Å². The number of rotatable bonds is 2. The second-order valence-electron chi connectivity index (χ2n) is 3.47. The van der Waals surface area contributed by atoms with Crippen LogP contribution in [0.1, 0.15) is 5.56 Å². The zero-order valence-electron chi connectivity index (χ0n) is 9.84. The lowest BCUT2D eigenvalue weighted by atomic mass is 10.2. The summed E-state index contributed by atoms with van der Waals surface area (Å²) in [7, 11) is 0. The van der Waals surface area contributed by atoms with Crippen LogP contribution in [0, 0.1) is 6.92 Å². The van der Waals surface area contributed by atoms with Gasteiger partial charge in [-0.2, -0.15) is 0 Å². The van der Waals surface area contributed by atoms with Gasteiger partial charge < -0.3 is 9.84 Å². The Bertz CT molecular complexity index is 434. The first kappa shape index (κ1) is 14.1. The molecular weight excluding hydrogens is 252 g/mol. The zero-order chi connectivity index (χ0) is 13.4. The van der Waals surface area contributed by atoms with Gasteiger partial charge >= 0.3 is 0 Å². The van der Waals surface area contributed by atoms with Crippen molar-refractivity contribution in [2.24, 2.45) is 0 Å². The third-order valence-electron chi connectivity index (χ3n) is 2.07. The molecule has 0 fully saturated rings. The first-order chi connectivity index (χ1) is 8.65. The highest BCUT2D eigenvalue weighted by molar-refractivity contribution is 6.30. The molecule has 2 aromatic rings. The molecule has 0 bridgehead atoms. The highest BCUT2D eigenvalue weighted by Gasteiger charge is 1.96. The molecule has 94 valence electrons. The van der Waals surface area contributed by atoms with Gasteiger partial charge in [-0.25, -0.2) is 0 Å². The van der Waals surface area contributed by atoms with Gasteiger partial charge in [-0.3, -0.25) is 4.79 Å². The first-order valence-corrected chi connectivity index (χ1v) is 5.61. The summed E-state index contributed by atoms with van der Waals surface area (Å²) < 4.78 is 5.63. The molecule has 0 aromatic heterocycles. The predicted molar refractivity (Wildman–Crippen MR) is 71.4 cm³/mol. The molecule has 0 amide bonds. The lowest BCUT2D eigenvalue weighted by Crippen LogP contribution is -1.83. The van der Waals surface area contributed by atoms with Gasteiger partial charge in [0.05, 0.1) is 0 Å². The normalized spacial score (nSPS) is 9.00. The molecule has 2 rings (SSSR count). The van der Waals surface area contributed by atoms with E-state index in [1.54, 1.807) is 0 Å². The van der Waals surface area contributed by atoms with Gasteiger partial charge in [-0.15, -0.1) is 0 Å². The molecule has 0 atom stereocenters. The third kappa shape index (κ3) is 4.89. The highest BCUT2D eigenvalue weighted by Crippen LogP contribution is 2.22. The van der Waals surface area contributed by atoms with Gasteiger partial charge in [-0.1, -0.05) is 29.3 Å². The van der Waals surface area contributed by atoms with Crippen molar-refractivity contribution in [2.75, 3.05) is 0 Å². The smallest absolute Gasteiger partial charge is 0.290 e. The van der Waals surface area contributed by atoms with E-state index < -0.39 is 0 Å². The monoisotopic (exact) mass is 264 g/mol. The van der Waals surface area contributed by atoms with E-state index in [0.717, 1.165) is 11.5 Å². The van der Waals surface area contributed by atoms with Gasteiger partial charge in [0.1, 0.15) is 11.5 Å². The number of hydrogen-bond acceptors (Lipinski definition) is 2. The fourth-order valence-electron chi connectivity index (χ4n) is 1.25. The van der Waals surface area contributed by atoms with Crippen LogP contribution >= 0.6 is 11.6 Å². The Morgan fingerprint density at radius 1 is 1.00 bits per heavy atom. The van der Waals surface area contributed by atoms with Crippen molar-refractivity contribution >= 4 is 18.1 Å².